The van der Waals surface area contributed by atoms with Crippen molar-refractivity contribution >= 4 is 17.5 Å². The van der Waals surface area contributed by atoms with E-state index in [0.29, 0.717) is 10.7 Å². The van der Waals surface area contributed by atoms with E-state index in [0.717, 1.165) is 5.56 Å². The minimum Gasteiger partial charge on any atom is -0.508 e. The highest BCUT2D eigenvalue weighted by molar-refractivity contribution is 6.30. The molecular weight excluding hydrogens is 276 g/mol. The zero-order chi connectivity index (χ0) is 14.7. The first kappa shape index (κ1) is 14.3. The summed E-state index contributed by atoms with van der Waals surface area (Å²) in [5.41, 5.74) is 1.29. The van der Waals surface area contributed by atoms with Crippen molar-refractivity contribution in [2.24, 2.45) is 0 Å². The molecule has 0 radical (unpaired) electrons. The van der Waals surface area contributed by atoms with Crippen LogP contribution in [0.2, 0.25) is 5.02 Å². The second-order valence-corrected chi connectivity index (χ2v) is 4.98. The van der Waals surface area contributed by atoms with E-state index in [2.05, 4.69) is 4.98 Å². The molecule has 5 heteroatoms. The predicted molar refractivity (Wildman–Crippen MR) is 77.9 cm³/mol. The number of rotatable bonds is 3. The van der Waals surface area contributed by atoms with E-state index in [1.165, 1.54) is 6.20 Å². The molecule has 0 fully saturated rings. The molecule has 1 unspecified atom stereocenters. The Morgan fingerprint density at radius 2 is 1.90 bits per heavy atom. The molecule has 4 nitrogen and oxygen atoms in total. The van der Waals surface area contributed by atoms with Crippen LogP contribution in [0.4, 0.5) is 0 Å². The Labute approximate surface area is 122 Å². The lowest BCUT2D eigenvalue weighted by Gasteiger charge is -2.25. The van der Waals surface area contributed by atoms with Crippen LogP contribution in [0.3, 0.4) is 0 Å². The zero-order valence-corrected chi connectivity index (χ0v) is 12.0. The number of nitrogens with zero attached hydrogens (tertiary/aromatic N) is 2. The van der Waals surface area contributed by atoms with Crippen molar-refractivity contribution in [3.63, 3.8) is 0 Å². The number of phenols is 1. The Hall–Kier alpha value is -2.07. The number of hydrogen-bond donors (Lipinski definition) is 1. The molecule has 1 amide bonds. The Morgan fingerprint density at radius 1 is 1.25 bits per heavy atom. The van der Waals surface area contributed by atoms with Crippen LogP contribution >= 0.6 is 11.6 Å². The van der Waals surface area contributed by atoms with E-state index in [9.17, 15) is 9.90 Å². The van der Waals surface area contributed by atoms with Crippen molar-refractivity contribution in [1.82, 2.24) is 9.88 Å². The summed E-state index contributed by atoms with van der Waals surface area (Å²) in [6.07, 6.45) is 1.45. The highest BCUT2D eigenvalue weighted by Crippen LogP contribution is 2.22. The largest absolute Gasteiger partial charge is 0.508 e. The molecule has 0 spiro atoms. The van der Waals surface area contributed by atoms with Crippen molar-refractivity contribution in [1.29, 1.82) is 0 Å². The van der Waals surface area contributed by atoms with Crippen LogP contribution in [0, 0.1) is 0 Å². The lowest BCUT2D eigenvalue weighted by atomic mass is 10.1. The maximum atomic E-state index is 12.3. The maximum absolute atomic E-state index is 12.3. The molecule has 1 aromatic heterocycles. The van der Waals surface area contributed by atoms with Crippen molar-refractivity contribution in [2.75, 3.05) is 7.05 Å². The van der Waals surface area contributed by atoms with Gasteiger partial charge in [-0.05, 0) is 36.8 Å². The van der Waals surface area contributed by atoms with Gasteiger partial charge in [-0.25, -0.2) is 4.98 Å². The lowest BCUT2D eigenvalue weighted by molar-refractivity contribution is 0.0736. The molecular formula is C15H15ClN2O2. The average Bonchev–Trinajstić information content (AvgIpc) is 2.46. The fraction of sp³-hybridized carbons (Fsp3) is 0.200. The van der Waals surface area contributed by atoms with Gasteiger partial charge in [0.1, 0.15) is 11.4 Å². The number of aromatic nitrogens is 1. The predicted octanol–water partition coefficient (Wildman–Crippen LogP) is 3.27. The van der Waals surface area contributed by atoms with Crippen LogP contribution in [-0.2, 0) is 0 Å². The summed E-state index contributed by atoms with van der Waals surface area (Å²) in [5, 5.41) is 9.78. The van der Waals surface area contributed by atoms with Crippen LogP contribution in [-0.4, -0.2) is 27.9 Å². The number of amides is 1. The Balaban J connectivity index is 2.17. The van der Waals surface area contributed by atoms with E-state index < -0.39 is 0 Å². The molecule has 20 heavy (non-hydrogen) atoms. The molecule has 1 N–H and O–H groups in total. The summed E-state index contributed by atoms with van der Waals surface area (Å²) in [5.74, 6) is 0.0246. The SMILES string of the molecule is CC(c1ccc(O)cc1)N(C)C(=O)c1ccc(Cl)cn1. The molecule has 2 aromatic rings. The van der Waals surface area contributed by atoms with Crippen molar-refractivity contribution in [3.05, 3.63) is 58.9 Å². The Bertz CT molecular complexity index is 596. The van der Waals surface area contributed by atoms with Gasteiger partial charge in [0, 0.05) is 13.2 Å². The average molecular weight is 291 g/mol. The fourth-order valence-electron chi connectivity index (χ4n) is 1.84. The molecule has 2 rings (SSSR count). The topological polar surface area (TPSA) is 53.4 Å². The number of phenolic OH excluding ortho intramolecular Hbond substituents is 1. The molecule has 1 aromatic carbocycles. The quantitative estimate of drug-likeness (QED) is 0.944. The van der Waals surface area contributed by atoms with E-state index in [4.69, 9.17) is 11.6 Å². The minimum absolute atomic E-state index is 0.124. The van der Waals surface area contributed by atoms with Crippen LogP contribution in [0.25, 0.3) is 0 Å². The Kier molecular flexibility index (Phi) is 4.25. The first-order chi connectivity index (χ1) is 9.49. The van der Waals surface area contributed by atoms with Crippen LogP contribution < -0.4 is 0 Å². The van der Waals surface area contributed by atoms with Gasteiger partial charge in [-0.1, -0.05) is 23.7 Å². The van der Waals surface area contributed by atoms with Gasteiger partial charge in [0.15, 0.2) is 0 Å². The van der Waals surface area contributed by atoms with Gasteiger partial charge in [0.05, 0.1) is 11.1 Å². The van der Waals surface area contributed by atoms with Gasteiger partial charge in [0.25, 0.3) is 5.91 Å². The summed E-state index contributed by atoms with van der Waals surface area (Å²) >= 11 is 5.76. The number of hydrogen-bond acceptors (Lipinski definition) is 3. The molecule has 104 valence electrons. The number of pyridine rings is 1. The number of halogens is 1. The highest BCUT2D eigenvalue weighted by Gasteiger charge is 2.19. The van der Waals surface area contributed by atoms with Crippen LogP contribution in [0.1, 0.15) is 29.0 Å². The van der Waals surface area contributed by atoms with Gasteiger partial charge < -0.3 is 10.0 Å². The Morgan fingerprint density at radius 3 is 2.45 bits per heavy atom. The standard InChI is InChI=1S/C15H15ClN2O2/c1-10(11-3-6-13(19)7-4-11)18(2)15(20)14-8-5-12(16)9-17-14/h3-10,19H,1-2H3. The van der Waals surface area contributed by atoms with E-state index in [1.807, 2.05) is 6.92 Å². The van der Waals surface area contributed by atoms with E-state index >= 15 is 0 Å². The van der Waals surface area contributed by atoms with Crippen molar-refractivity contribution < 1.29 is 9.90 Å². The third-order valence-electron chi connectivity index (χ3n) is 3.22. The second-order valence-electron chi connectivity index (χ2n) is 4.55. The summed E-state index contributed by atoms with van der Waals surface area (Å²) < 4.78 is 0. The molecule has 0 aliphatic heterocycles. The number of carbonyl (C=O) groups excluding carboxylic acids is 1. The normalized spacial score (nSPS) is 11.9. The fourth-order valence-corrected chi connectivity index (χ4v) is 1.95. The minimum atomic E-state index is -0.178. The molecule has 0 saturated carbocycles. The van der Waals surface area contributed by atoms with Gasteiger partial charge >= 0.3 is 0 Å². The smallest absolute Gasteiger partial charge is 0.272 e. The summed E-state index contributed by atoms with van der Waals surface area (Å²) in [4.78, 5) is 17.9. The summed E-state index contributed by atoms with van der Waals surface area (Å²) in [6.45, 7) is 1.92. The van der Waals surface area contributed by atoms with Crippen LogP contribution in [0.5, 0.6) is 5.75 Å². The highest BCUT2D eigenvalue weighted by atomic mass is 35.5. The third kappa shape index (κ3) is 3.08. The van der Waals surface area contributed by atoms with Gasteiger partial charge in [0.2, 0.25) is 0 Å². The van der Waals surface area contributed by atoms with Gasteiger partial charge in [-0.15, -0.1) is 0 Å². The third-order valence-corrected chi connectivity index (χ3v) is 3.45. The molecule has 0 aliphatic carbocycles. The molecule has 0 bridgehead atoms. The number of carbonyl (C=O) groups is 1. The summed E-state index contributed by atoms with van der Waals surface area (Å²) in [7, 11) is 1.72. The molecule has 0 saturated heterocycles. The van der Waals surface area contributed by atoms with Crippen molar-refractivity contribution in [3.8, 4) is 5.75 Å². The first-order valence-corrected chi connectivity index (χ1v) is 6.54. The van der Waals surface area contributed by atoms with Gasteiger partial charge in [-0.3, -0.25) is 4.79 Å². The van der Waals surface area contributed by atoms with Crippen LogP contribution in [0.15, 0.2) is 42.6 Å². The maximum Gasteiger partial charge on any atom is 0.272 e. The molecule has 0 aliphatic rings. The lowest BCUT2D eigenvalue weighted by Crippen LogP contribution is -2.30. The van der Waals surface area contributed by atoms with E-state index in [-0.39, 0.29) is 17.7 Å². The van der Waals surface area contributed by atoms with Crippen molar-refractivity contribution in [2.45, 2.75) is 13.0 Å². The molecule has 1 heterocycles. The van der Waals surface area contributed by atoms with E-state index in [1.54, 1.807) is 48.3 Å². The molecule has 1 atom stereocenters. The first-order valence-electron chi connectivity index (χ1n) is 6.16. The monoisotopic (exact) mass is 290 g/mol. The second kappa shape index (κ2) is 5.92. The number of benzene rings is 1. The zero-order valence-electron chi connectivity index (χ0n) is 11.2. The number of aromatic hydroxyl groups is 1. The summed E-state index contributed by atoms with van der Waals surface area (Å²) in [6, 6.07) is 9.90. The van der Waals surface area contributed by atoms with Gasteiger partial charge in [-0.2, -0.15) is 0 Å².